The monoisotopic (exact) mass is 466 g/mol. The Morgan fingerprint density at radius 1 is 1.00 bits per heavy atom. The molecule has 2 aromatic carbocycles. The van der Waals surface area contributed by atoms with E-state index in [4.69, 9.17) is 9.84 Å². The fourth-order valence-corrected chi connectivity index (χ4v) is 4.31. The van der Waals surface area contributed by atoms with Gasteiger partial charge in [0.25, 0.3) is 0 Å². The minimum absolute atomic E-state index is 0.00768. The SMILES string of the molecule is CC(CCC(=O)NC(C)(C)CCC(=O)O)CNC(=O)OCC1c2ccccc2-c2ccccc21. The van der Waals surface area contributed by atoms with Crippen LogP contribution in [0.15, 0.2) is 48.5 Å². The van der Waals surface area contributed by atoms with Crippen molar-refractivity contribution in [3.8, 4) is 11.1 Å². The van der Waals surface area contributed by atoms with Gasteiger partial charge in [0.05, 0.1) is 0 Å². The number of ether oxygens (including phenoxy) is 1. The van der Waals surface area contributed by atoms with Gasteiger partial charge in [-0.1, -0.05) is 55.5 Å². The summed E-state index contributed by atoms with van der Waals surface area (Å²) in [6.07, 6.45) is 0.822. The topological polar surface area (TPSA) is 105 Å². The minimum Gasteiger partial charge on any atom is -0.481 e. The molecule has 0 bridgehead atoms. The second-order valence-electron chi connectivity index (χ2n) is 9.68. The molecule has 1 unspecified atom stereocenters. The van der Waals surface area contributed by atoms with E-state index in [-0.39, 0.29) is 30.8 Å². The van der Waals surface area contributed by atoms with Gasteiger partial charge in [0, 0.05) is 30.8 Å². The zero-order valence-electron chi connectivity index (χ0n) is 20.1. The second-order valence-corrected chi connectivity index (χ2v) is 9.68. The fraction of sp³-hybridized carbons (Fsp3) is 0.444. The molecule has 0 saturated heterocycles. The predicted octanol–water partition coefficient (Wildman–Crippen LogP) is 4.70. The molecule has 7 nitrogen and oxygen atoms in total. The minimum atomic E-state index is -0.879. The van der Waals surface area contributed by atoms with E-state index >= 15 is 0 Å². The lowest BCUT2D eigenvalue weighted by atomic mass is 9.97. The number of carbonyl (C=O) groups excluding carboxylic acids is 2. The van der Waals surface area contributed by atoms with Crippen LogP contribution in [0.5, 0.6) is 0 Å². The molecule has 2 amide bonds. The van der Waals surface area contributed by atoms with E-state index in [0.717, 1.165) is 0 Å². The molecule has 7 heteroatoms. The van der Waals surface area contributed by atoms with Crippen LogP contribution >= 0.6 is 0 Å². The van der Waals surface area contributed by atoms with Gasteiger partial charge in [-0.15, -0.1) is 0 Å². The van der Waals surface area contributed by atoms with Gasteiger partial charge >= 0.3 is 12.1 Å². The number of alkyl carbamates (subject to hydrolysis) is 1. The van der Waals surface area contributed by atoms with Crippen molar-refractivity contribution in [2.75, 3.05) is 13.2 Å². The first-order chi connectivity index (χ1) is 16.2. The number of hydrogen-bond acceptors (Lipinski definition) is 4. The summed E-state index contributed by atoms with van der Waals surface area (Å²) in [6, 6.07) is 16.4. The maximum Gasteiger partial charge on any atom is 0.407 e. The van der Waals surface area contributed by atoms with E-state index in [1.807, 2.05) is 45.0 Å². The molecule has 0 aromatic heterocycles. The first kappa shape index (κ1) is 25.3. The lowest BCUT2D eigenvalue weighted by Gasteiger charge is -2.26. The van der Waals surface area contributed by atoms with E-state index in [0.29, 0.717) is 25.8 Å². The van der Waals surface area contributed by atoms with Gasteiger partial charge in [0.1, 0.15) is 6.61 Å². The Labute approximate surface area is 200 Å². The molecule has 34 heavy (non-hydrogen) atoms. The Morgan fingerprint density at radius 2 is 1.59 bits per heavy atom. The van der Waals surface area contributed by atoms with Gasteiger partial charge in [0.15, 0.2) is 0 Å². The highest BCUT2D eigenvalue weighted by Crippen LogP contribution is 2.44. The molecule has 1 aliphatic carbocycles. The van der Waals surface area contributed by atoms with Crippen molar-refractivity contribution in [1.29, 1.82) is 0 Å². The summed E-state index contributed by atoms with van der Waals surface area (Å²) in [5.41, 5.74) is 4.14. The number of nitrogens with one attached hydrogen (secondary N) is 2. The molecule has 0 heterocycles. The van der Waals surface area contributed by atoms with Crippen LogP contribution in [0.2, 0.25) is 0 Å². The van der Waals surface area contributed by atoms with Crippen LogP contribution in [-0.2, 0) is 14.3 Å². The van der Waals surface area contributed by atoms with Crippen LogP contribution in [-0.4, -0.2) is 41.8 Å². The van der Waals surface area contributed by atoms with Crippen LogP contribution < -0.4 is 10.6 Å². The van der Waals surface area contributed by atoms with Crippen molar-refractivity contribution < 1.29 is 24.2 Å². The molecule has 0 saturated carbocycles. The maximum atomic E-state index is 12.3. The molecule has 0 spiro atoms. The molecule has 3 N–H and O–H groups in total. The number of benzene rings is 2. The highest BCUT2D eigenvalue weighted by molar-refractivity contribution is 5.79. The number of carbonyl (C=O) groups is 3. The van der Waals surface area contributed by atoms with Crippen molar-refractivity contribution in [3.63, 3.8) is 0 Å². The highest BCUT2D eigenvalue weighted by Gasteiger charge is 2.29. The summed E-state index contributed by atoms with van der Waals surface area (Å²) >= 11 is 0. The van der Waals surface area contributed by atoms with Crippen LogP contribution in [0.25, 0.3) is 11.1 Å². The van der Waals surface area contributed by atoms with Gasteiger partial charge in [-0.2, -0.15) is 0 Å². The first-order valence-electron chi connectivity index (χ1n) is 11.8. The zero-order valence-corrected chi connectivity index (χ0v) is 20.1. The third-order valence-electron chi connectivity index (χ3n) is 6.24. The Morgan fingerprint density at radius 3 is 2.18 bits per heavy atom. The summed E-state index contributed by atoms with van der Waals surface area (Å²) in [5, 5.41) is 14.5. The van der Waals surface area contributed by atoms with Gasteiger partial charge in [-0.25, -0.2) is 4.79 Å². The maximum absolute atomic E-state index is 12.3. The predicted molar refractivity (Wildman–Crippen MR) is 131 cm³/mol. The van der Waals surface area contributed by atoms with E-state index in [1.54, 1.807) is 0 Å². The fourth-order valence-electron chi connectivity index (χ4n) is 4.31. The van der Waals surface area contributed by atoms with Gasteiger partial charge in [-0.3, -0.25) is 9.59 Å². The summed E-state index contributed by atoms with van der Waals surface area (Å²) in [6.45, 7) is 6.27. The van der Waals surface area contributed by atoms with E-state index in [2.05, 4.69) is 34.9 Å². The largest absolute Gasteiger partial charge is 0.481 e. The molecular formula is C27H34N2O5. The normalized spacial score (nSPS) is 13.5. The quantitative estimate of drug-likeness (QED) is 0.445. The molecule has 1 aliphatic rings. The van der Waals surface area contributed by atoms with Crippen molar-refractivity contribution in [3.05, 3.63) is 59.7 Å². The number of rotatable bonds is 11. The second kappa shape index (κ2) is 11.2. The Kier molecular flexibility index (Phi) is 8.31. The number of carboxylic acid groups (broad SMARTS) is 1. The average Bonchev–Trinajstić information content (AvgIpc) is 3.12. The molecule has 2 aromatic rings. The van der Waals surface area contributed by atoms with E-state index < -0.39 is 17.6 Å². The Hall–Kier alpha value is -3.35. The molecule has 1 atom stereocenters. The van der Waals surface area contributed by atoms with Gasteiger partial charge in [-0.05, 0) is 54.9 Å². The number of aliphatic carboxylic acids is 1. The summed E-state index contributed by atoms with van der Waals surface area (Å²) < 4.78 is 5.55. The summed E-state index contributed by atoms with van der Waals surface area (Å²) in [7, 11) is 0. The van der Waals surface area contributed by atoms with Crippen molar-refractivity contribution in [1.82, 2.24) is 10.6 Å². The average molecular weight is 467 g/mol. The van der Waals surface area contributed by atoms with E-state index in [9.17, 15) is 14.4 Å². The molecule has 0 fully saturated rings. The number of hydrogen-bond donors (Lipinski definition) is 3. The van der Waals surface area contributed by atoms with Crippen molar-refractivity contribution in [2.45, 2.75) is 57.9 Å². The van der Waals surface area contributed by atoms with Gasteiger partial charge < -0.3 is 20.5 Å². The van der Waals surface area contributed by atoms with Crippen molar-refractivity contribution >= 4 is 18.0 Å². The van der Waals surface area contributed by atoms with E-state index in [1.165, 1.54) is 22.3 Å². The molecule has 182 valence electrons. The lowest BCUT2D eigenvalue weighted by molar-refractivity contribution is -0.137. The van der Waals surface area contributed by atoms with Crippen molar-refractivity contribution in [2.24, 2.45) is 5.92 Å². The standard InChI is InChI=1S/C27H34N2O5/c1-18(12-13-24(30)29-27(2,3)15-14-25(31)32)16-28-26(33)34-17-23-21-10-6-4-8-19(21)20-9-5-7-11-22(20)23/h4-11,18,23H,12-17H2,1-3H3,(H,28,33)(H,29,30)(H,31,32). The molecule has 0 aliphatic heterocycles. The van der Waals surface area contributed by atoms with Gasteiger partial charge in [0.2, 0.25) is 5.91 Å². The highest BCUT2D eigenvalue weighted by atomic mass is 16.5. The van der Waals surface area contributed by atoms with Crippen LogP contribution in [0, 0.1) is 5.92 Å². The molecule has 0 radical (unpaired) electrons. The molecule has 3 rings (SSSR count). The first-order valence-corrected chi connectivity index (χ1v) is 11.8. The summed E-state index contributed by atoms with van der Waals surface area (Å²) in [5.74, 6) is -0.893. The van der Waals surface area contributed by atoms with Crippen LogP contribution in [0.1, 0.15) is 63.5 Å². The number of amides is 2. The third kappa shape index (κ3) is 6.83. The smallest absolute Gasteiger partial charge is 0.407 e. The van der Waals surface area contributed by atoms with Crippen LogP contribution in [0.3, 0.4) is 0 Å². The molecular weight excluding hydrogens is 432 g/mol. The lowest BCUT2D eigenvalue weighted by Crippen LogP contribution is -2.43. The number of fused-ring (bicyclic) bond motifs is 3. The third-order valence-corrected chi connectivity index (χ3v) is 6.24. The Bertz CT molecular complexity index is 988. The summed E-state index contributed by atoms with van der Waals surface area (Å²) in [4.78, 5) is 35.3. The Balaban J connectivity index is 1.40. The number of carboxylic acids is 1. The van der Waals surface area contributed by atoms with Crippen LogP contribution in [0.4, 0.5) is 4.79 Å². The zero-order chi connectivity index (χ0) is 24.7.